The predicted molar refractivity (Wildman–Crippen MR) is 94.8 cm³/mol. The van der Waals surface area contributed by atoms with Crippen molar-refractivity contribution in [2.24, 2.45) is 0 Å². The molecule has 0 N–H and O–H groups in total. The highest BCUT2D eigenvalue weighted by molar-refractivity contribution is 6.31. The lowest BCUT2D eigenvalue weighted by Crippen LogP contribution is -2.36. The number of hydrogen-bond acceptors (Lipinski definition) is 5. The summed E-state index contributed by atoms with van der Waals surface area (Å²) in [6.45, 7) is 5.92. The van der Waals surface area contributed by atoms with Gasteiger partial charge in [0.1, 0.15) is 6.61 Å². The van der Waals surface area contributed by atoms with E-state index in [1.54, 1.807) is 12.3 Å². The number of hydrogen-bond donors (Lipinski definition) is 0. The molecule has 0 aliphatic rings. The molecule has 2 aromatic heterocycles. The number of ether oxygens (including phenoxy) is 1. The van der Waals surface area contributed by atoms with Gasteiger partial charge in [0.2, 0.25) is 0 Å². The Kier molecular flexibility index (Phi) is 4.63. The third-order valence-electron chi connectivity index (χ3n) is 3.59. The number of benzene rings is 1. The van der Waals surface area contributed by atoms with Crippen molar-refractivity contribution < 1.29 is 9.26 Å². The second-order valence-electron chi connectivity index (χ2n) is 6.57. The van der Waals surface area contributed by atoms with Crippen LogP contribution in [-0.4, -0.2) is 14.9 Å². The van der Waals surface area contributed by atoms with Gasteiger partial charge in [-0.15, -0.1) is 0 Å². The third-order valence-corrected chi connectivity index (χ3v) is 3.94. The van der Waals surface area contributed by atoms with Crippen LogP contribution in [0.4, 0.5) is 0 Å². The lowest BCUT2D eigenvalue weighted by molar-refractivity contribution is 0.292. The molecule has 0 aliphatic carbocycles. The largest absolute Gasteiger partial charge is 0.485 e. The average molecular weight is 360 g/mol. The fourth-order valence-corrected chi connectivity index (χ4v) is 2.47. The molecule has 0 atom stereocenters. The van der Waals surface area contributed by atoms with E-state index in [0.29, 0.717) is 5.76 Å². The summed E-state index contributed by atoms with van der Waals surface area (Å²) in [4.78, 5) is 12.3. The maximum atomic E-state index is 12.3. The minimum absolute atomic E-state index is 0.0307. The van der Waals surface area contributed by atoms with Gasteiger partial charge in [-0.1, -0.05) is 41.0 Å². The maximum absolute atomic E-state index is 12.3. The van der Waals surface area contributed by atoms with Gasteiger partial charge in [-0.05, 0) is 26.3 Å². The van der Waals surface area contributed by atoms with E-state index in [0.717, 1.165) is 11.1 Å². The van der Waals surface area contributed by atoms with Crippen LogP contribution in [0.1, 0.15) is 26.3 Å². The first kappa shape index (κ1) is 17.2. The highest BCUT2D eigenvalue weighted by atomic mass is 35.5. The summed E-state index contributed by atoms with van der Waals surface area (Å²) in [5, 5.41) is 7.86. The Hall–Kier alpha value is -2.60. The van der Waals surface area contributed by atoms with Crippen LogP contribution in [0.5, 0.6) is 5.75 Å². The average Bonchev–Trinajstić information content (AvgIpc) is 3.10. The monoisotopic (exact) mass is 359 g/mol. The molecule has 130 valence electrons. The summed E-state index contributed by atoms with van der Waals surface area (Å²) >= 11 is 6.15. The molecule has 7 heteroatoms. The third kappa shape index (κ3) is 3.74. The van der Waals surface area contributed by atoms with Crippen LogP contribution < -0.4 is 10.3 Å². The first-order valence-electron chi connectivity index (χ1n) is 7.77. The SMILES string of the molecule is CC(C)(C)n1ncc(OCc2ccc(-c3ccno3)cc2)c(Cl)c1=O. The van der Waals surface area contributed by atoms with E-state index in [4.69, 9.17) is 20.9 Å². The Balaban J connectivity index is 1.74. The molecule has 0 unspecified atom stereocenters. The molecule has 6 nitrogen and oxygen atoms in total. The number of aromatic nitrogens is 3. The Bertz CT molecular complexity index is 910. The van der Waals surface area contributed by atoms with Gasteiger partial charge in [-0.25, -0.2) is 4.68 Å². The minimum Gasteiger partial charge on any atom is -0.485 e. The predicted octanol–water partition coefficient (Wildman–Crippen LogP) is 3.89. The van der Waals surface area contributed by atoms with Crippen molar-refractivity contribution in [2.45, 2.75) is 32.9 Å². The highest BCUT2D eigenvalue weighted by Crippen LogP contribution is 2.23. The van der Waals surface area contributed by atoms with Crippen LogP contribution in [0, 0.1) is 0 Å². The highest BCUT2D eigenvalue weighted by Gasteiger charge is 2.20. The van der Waals surface area contributed by atoms with Crippen LogP contribution in [0.15, 0.2) is 52.0 Å². The molecule has 0 amide bonds. The van der Waals surface area contributed by atoms with Gasteiger partial charge in [0.05, 0.1) is 17.9 Å². The van der Waals surface area contributed by atoms with E-state index in [2.05, 4.69) is 10.3 Å². The number of rotatable bonds is 4. The second-order valence-corrected chi connectivity index (χ2v) is 6.95. The normalized spacial score (nSPS) is 11.5. The molecule has 0 fully saturated rings. The smallest absolute Gasteiger partial charge is 0.289 e. The van der Waals surface area contributed by atoms with Gasteiger partial charge in [-0.3, -0.25) is 4.79 Å². The van der Waals surface area contributed by atoms with E-state index < -0.39 is 5.54 Å². The van der Waals surface area contributed by atoms with Gasteiger partial charge < -0.3 is 9.26 Å². The van der Waals surface area contributed by atoms with E-state index in [-0.39, 0.29) is 22.9 Å². The molecule has 2 heterocycles. The first-order valence-corrected chi connectivity index (χ1v) is 8.15. The summed E-state index contributed by atoms with van der Waals surface area (Å²) in [5.74, 6) is 0.969. The molecule has 1 aromatic carbocycles. The molecule has 0 aliphatic heterocycles. The molecule has 25 heavy (non-hydrogen) atoms. The summed E-state index contributed by atoms with van der Waals surface area (Å²) in [6, 6.07) is 9.44. The molecule has 0 bridgehead atoms. The van der Waals surface area contributed by atoms with E-state index in [1.165, 1.54) is 10.9 Å². The molecular formula is C18H18ClN3O3. The molecular weight excluding hydrogens is 342 g/mol. The summed E-state index contributed by atoms with van der Waals surface area (Å²) in [6.07, 6.45) is 3.07. The van der Waals surface area contributed by atoms with Gasteiger partial charge in [0.25, 0.3) is 5.56 Å². The Morgan fingerprint density at radius 1 is 1.20 bits per heavy atom. The zero-order valence-corrected chi connectivity index (χ0v) is 14.9. The fraction of sp³-hybridized carbons (Fsp3) is 0.278. The molecule has 0 saturated heterocycles. The molecule has 0 radical (unpaired) electrons. The van der Waals surface area contributed by atoms with Crippen LogP contribution in [0.25, 0.3) is 11.3 Å². The van der Waals surface area contributed by atoms with Crippen molar-refractivity contribution in [3.63, 3.8) is 0 Å². The lowest BCUT2D eigenvalue weighted by atomic mass is 10.1. The second kappa shape index (κ2) is 6.72. The van der Waals surface area contributed by atoms with Gasteiger partial charge >= 0.3 is 0 Å². The van der Waals surface area contributed by atoms with Crippen LogP contribution in [0.2, 0.25) is 5.02 Å². The zero-order chi connectivity index (χ0) is 18.0. The molecule has 0 spiro atoms. The van der Waals surface area contributed by atoms with Crippen molar-refractivity contribution in [1.82, 2.24) is 14.9 Å². The Labute approximate surface area is 150 Å². The van der Waals surface area contributed by atoms with Crippen LogP contribution >= 0.6 is 11.6 Å². The zero-order valence-electron chi connectivity index (χ0n) is 14.2. The van der Waals surface area contributed by atoms with Gasteiger partial charge in [0, 0.05) is 11.6 Å². The van der Waals surface area contributed by atoms with Gasteiger partial charge in [-0.2, -0.15) is 5.10 Å². The van der Waals surface area contributed by atoms with Gasteiger partial charge in [0.15, 0.2) is 16.5 Å². The summed E-state index contributed by atoms with van der Waals surface area (Å²) in [5.41, 5.74) is 1.04. The molecule has 3 aromatic rings. The Morgan fingerprint density at radius 3 is 2.52 bits per heavy atom. The first-order chi connectivity index (χ1) is 11.9. The number of nitrogens with zero attached hydrogens (tertiary/aromatic N) is 3. The topological polar surface area (TPSA) is 70.2 Å². The lowest BCUT2D eigenvalue weighted by Gasteiger charge is -2.21. The van der Waals surface area contributed by atoms with E-state index >= 15 is 0 Å². The van der Waals surface area contributed by atoms with Crippen LogP contribution in [0.3, 0.4) is 0 Å². The Morgan fingerprint density at radius 2 is 1.92 bits per heavy atom. The van der Waals surface area contributed by atoms with Crippen molar-refractivity contribution in [1.29, 1.82) is 0 Å². The van der Waals surface area contributed by atoms with E-state index in [1.807, 2.05) is 45.0 Å². The van der Waals surface area contributed by atoms with Crippen LogP contribution in [-0.2, 0) is 12.1 Å². The molecule has 3 rings (SSSR count). The van der Waals surface area contributed by atoms with Crippen molar-refractivity contribution >= 4 is 11.6 Å². The summed E-state index contributed by atoms with van der Waals surface area (Å²) in [7, 11) is 0. The summed E-state index contributed by atoms with van der Waals surface area (Å²) < 4.78 is 12.1. The van der Waals surface area contributed by atoms with Crippen molar-refractivity contribution in [2.75, 3.05) is 0 Å². The quantitative estimate of drug-likeness (QED) is 0.706. The van der Waals surface area contributed by atoms with Crippen molar-refractivity contribution in [3.05, 3.63) is 63.7 Å². The fourth-order valence-electron chi connectivity index (χ4n) is 2.29. The number of halogens is 1. The minimum atomic E-state index is -0.449. The van der Waals surface area contributed by atoms with Crippen molar-refractivity contribution in [3.8, 4) is 17.1 Å². The standard InChI is InChI=1S/C18H18ClN3O3/c1-18(2,3)22-17(23)16(19)15(10-20-22)24-11-12-4-6-13(7-5-12)14-8-9-21-25-14/h4-10H,11H2,1-3H3. The molecule has 0 saturated carbocycles. The van der Waals surface area contributed by atoms with E-state index in [9.17, 15) is 4.79 Å². The maximum Gasteiger partial charge on any atom is 0.289 e.